The number of barbiturate groups is 1. The van der Waals surface area contributed by atoms with Gasteiger partial charge in [-0.05, 0) is 103 Å². The van der Waals surface area contributed by atoms with Gasteiger partial charge in [0, 0.05) is 5.02 Å². The van der Waals surface area contributed by atoms with Gasteiger partial charge in [0.25, 0.3) is 11.8 Å². The van der Waals surface area contributed by atoms with E-state index in [4.69, 9.17) is 25.8 Å². The number of methoxy groups -OCH3 is 1. The first-order valence-corrected chi connectivity index (χ1v) is 14.8. The molecule has 1 heterocycles. The number of ether oxygens (including phenoxy) is 3. The number of halogens is 3. The Kier molecular flexibility index (Phi) is 9.49. The SMILES string of the molecule is COc1cc(COc2c(Br)cc(/C=C3/C(=O)NC(=O)N(c4ccc(Cl)cc4)C3=O)cc2Br)ccc1OCc1ccccc1. The molecule has 1 aliphatic rings. The van der Waals surface area contributed by atoms with E-state index in [1.54, 1.807) is 31.4 Å². The second-order valence-electron chi connectivity index (χ2n) is 9.30. The van der Waals surface area contributed by atoms with Crippen molar-refractivity contribution in [3.8, 4) is 17.2 Å². The monoisotopic (exact) mass is 724 g/mol. The van der Waals surface area contributed by atoms with Crippen molar-refractivity contribution >= 4 is 73.1 Å². The van der Waals surface area contributed by atoms with Gasteiger partial charge >= 0.3 is 6.03 Å². The normalized spacial score (nSPS) is 14.1. The maximum absolute atomic E-state index is 13.2. The molecule has 1 saturated heterocycles. The number of carbonyl (C=O) groups is 3. The Morgan fingerprint density at radius 3 is 2.16 bits per heavy atom. The number of amides is 4. The Hall–Kier alpha value is -4.12. The van der Waals surface area contributed by atoms with Crippen molar-refractivity contribution in [2.75, 3.05) is 12.0 Å². The van der Waals surface area contributed by atoms with Crippen LogP contribution < -0.4 is 24.4 Å². The molecule has 1 aliphatic heterocycles. The van der Waals surface area contributed by atoms with Crippen LogP contribution in [0.4, 0.5) is 10.5 Å². The molecule has 1 N–H and O–H groups in total. The molecule has 43 heavy (non-hydrogen) atoms. The molecule has 11 heteroatoms. The number of hydrogen-bond acceptors (Lipinski definition) is 6. The van der Waals surface area contributed by atoms with Crippen LogP contribution in [0.1, 0.15) is 16.7 Å². The summed E-state index contributed by atoms with van der Waals surface area (Å²) < 4.78 is 18.7. The number of hydrogen-bond donors (Lipinski definition) is 1. The van der Waals surface area contributed by atoms with Crippen LogP contribution >= 0.6 is 43.5 Å². The van der Waals surface area contributed by atoms with Crippen molar-refractivity contribution in [1.29, 1.82) is 0 Å². The van der Waals surface area contributed by atoms with Crippen LogP contribution in [0.2, 0.25) is 5.02 Å². The first-order valence-electron chi connectivity index (χ1n) is 12.9. The number of urea groups is 1. The number of nitrogens with one attached hydrogen (secondary N) is 1. The van der Waals surface area contributed by atoms with Crippen LogP contribution in [0.5, 0.6) is 17.2 Å². The van der Waals surface area contributed by atoms with Crippen LogP contribution in [0.25, 0.3) is 6.08 Å². The zero-order valence-corrected chi connectivity index (χ0v) is 26.5. The maximum atomic E-state index is 13.2. The highest BCUT2D eigenvalue weighted by Crippen LogP contribution is 2.37. The minimum atomic E-state index is -0.840. The smallest absolute Gasteiger partial charge is 0.335 e. The van der Waals surface area contributed by atoms with E-state index in [9.17, 15) is 14.4 Å². The van der Waals surface area contributed by atoms with Crippen molar-refractivity contribution in [2.24, 2.45) is 0 Å². The molecule has 0 radical (unpaired) electrons. The lowest BCUT2D eigenvalue weighted by molar-refractivity contribution is -0.122. The number of imide groups is 2. The lowest BCUT2D eigenvalue weighted by Crippen LogP contribution is -2.54. The zero-order valence-electron chi connectivity index (χ0n) is 22.6. The van der Waals surface area contributed by atoms with Crippen LogP contribution in [-0.2, 0) is 22.8 Å². The summed E-state index contributed by atoms with van der Waals surface area (Å²) in [6.45, 7) is 0.643. The number of anilines is 1. The molecule has 0 spiro atoms. The Labute approximate surface area is 269 Å². The molecule has 218 valence electrons. The van der Waals surface area contributed by atoms with E-state index in [-0.39, 0.29) is 17.9 Å². The van der Waals surface area contributed by atoms with Crippen LogP contribution in [0.3, 0.4) is 0 Å². The average Bonchev–Trinajstić information content (AvgIpc) is 2.99. The fourth-order valence-electron chi connectivity index (χ4n) is 4.26. The average molecular weight is 727 g/mol. The molecule has 0 unspecified atom stereocenters. The molecule has 5 rings (SSSR count). The van der Waals surface area contributed by atoms with Crippen molar-refractivity contribution < 1.29 is 28.6 Å². The third-order valence-electron chi connectivity index (χ3n) is 6.37. The van der Waals surface area contributed by atoms with Gasteiger partial charge in [-0.25, -0.2) is 9.69 Å². The summed E-state index contributed by atoms with van der Waals surface area (Å²) in [5.41, 5.74) is 2.50. The van der Waals surface area contributed by atoms with Crippen LogP contribution in [0, 0.1) is 0 Å². The number of nitrogens with zero attached hydrogens (tertiary/aromatic N) is 1. The number of carbonyl (C=O) groups excluding carboxylic acids is 3. The summed E-state index contributed by atoms with van der Waals surface area (Å²) in [6.07, 6.45) is 1.41. The van der Waals surface area contributed by atoms with E-state index >= 15 is 0 Å². The predicted molar refractivity (Wildman–Crippen MR) is 170 cm³/mol. The lowest BCUT2D eigenvalue weighted by Gasteiger charge is -2.26. The molecular weight excluding hydrogens is 704 g/mol. The van der Waals surface area contributed by atoms with Gasteiger partial charge in [0.2, 0.25) is 0 Å². The van der Waals surface area contributed by atoms with E-state index in [0.717, 1.165) is 16.0 Å². The summed E-state index contributed by atoms with van der Waals surface area (Å²) in [4.78, 5) is 39.1. The van der Waals surface area contributed by atoms with E-state index in [0.29, 0.717) is 43.4 Å². The highest BCUT2D eigenvalue weighted by molar-refractivity contribution is 9.11. The Bertz CT molecular complexity index is 1710. The molecule has 1 fully saturated rings. The van der Waals surface area contributed by atoms with Crippen molar-refractivity contribution in [1.82, 2.24) is 5.32 Å². The fourth-order valence-corrected chi connectivity index (χ4v) is 5.84. The van der Waals surface area contributed by atoms with E-state index in [2.05, 4.69) is 37.2 Å². The van der Waals surface area contributed by atoms with Gasteiger partial charge in [-0.3, -0.25) is 14.9 Å². The summed E-state index contributed by atoms with van der Waals surface area (Å²) in [6, 6.07) is 24.2. The molecule has 0 aliphatic carbocycles. The number of rotatable bonds is 9. The van der Waals surface area contributed by atoms with Crippen molar-refractivity contribution in [3.05, 3.63) is 121 Å². The maximum Gasteiger partial charge on any atom is 0.335 e. The first kappa shape index (κ1) is 30.3. The molecule has 4 amide bonds. The lowest BCUT2D eigenvalue weighted by atomic mass is 10.1. The third kappa shape index (κ3) is 7.10. The van der Waals surface area contributed by atoms with Gasteiger partial charge in [-0.1, -0.05) is 48.0 Å². The third-order valence-corrected chi connectivity index (χ3v) is 7.80. The topological polar surface area (TPSA) is 94.2 Å². The van der Waals surface area contributed by atoms with Crippen LogP contribution in [0.15, 0.2) is 99.4 Å². The van der Waals surface area contributed by atoms with E-state index < -0.39 is 17.8 Å². The van der Waals surface area contributed by atoms with Crippen molar-refractivity contribution in [3.63, 3.8) is 0 Å². The van der Waals surface area contributed by atoms with Gasteiger partial charge in [0.1, 0.15) is 24.5 Å². The van der Waals surface area contributed by atoms with Gasteiger partial charge in [-0.2, -0.15) is 0 Å². The van der Waals surface area contributed by atoms with Crippen molar-refractivity contribution in [2.45, 2.75) is 13.2 Å². The Balaban J connectivity index is 1.30. The second-order valence-corrected chi connectivity index (χ2v) is 11.4. The summed E-state index contributed by atoms with van der Waals surface area (Å²) in [5.74, 6) is 0.167. The molecule has 0 bridgehead atoms. The molecular formula is C32H23Br2ClN2O6. The standard InChI is InChI=1S/C32H23Br2ClN2O6/c1-41-28-16-20(7-12-27(28)42-17-19-5-3-2-4-6-19)18-43-29-25(33)14-21(15-26(29)34)13-24-30(38)36-32(40)37(31(24)39)23-10-8-22(35)9-11-23/h2-16H,17-18H2,1H3,(H,36,38,40)/b24-13-. The number of benzene rings is 4. The van der Waals surface area contributed by atoms with Gasteiger partial charge < -0.3 is 14.2 Å². The minimum absolute atomic E-state index is 0.205. The Morgan fingerprint density at radius 2 is 1.49 bits per heavy atom. The molecule has 4 aromatic carbocycles. The summed E-state index contributed by atoms with van der Waals surface area (Å²) in [7, 11) is 1.58. The largest absolute Gasteiger partial charge is 0.493 e. The van der Waals surface area contributed by atoms with Gasteiger partial charge in [0.05, 0.1) is 21.7 Å². The minimum Gasteiger partial charge on any atom is -0.493 e. The molecule has 4 aromatic rings. The molecule has 0 atom stereocenters. The highest BCUT2D eigenvalue weighted by atomic mass is 79.9. The first-order chi connectivity index (χ1) is 20.7. The second kappa shape index (κ2) is 13.5. The van der Waals surface area contributed by atoms with E-state index in [1.165, 1.54) is 18.2 Å². The molecule has 8 nitrogen and oxygen atoms in total. The Morgan fingerprint density at radius 1 is 0.814 bits per heavy atom. The molecule has 0 aromatic heterocycles. The predicted octanol–water partition coefficient (Wildman–Crippen LogP) is 7.70. The van der Waals surface area contributed by atoms with E-state index in [1.807, 2.05) is 48.5 Å². The quantitative estimate of drug-likeness (QED) is 0.140. The fraction of sp³-hybridized carbons (Fsp3) is 0.0938. The van der Waals surface area contributed by atoms with Gasteiger partial charge in [0.15, 0.2) is 11.5 Å². The summed E-state index contributed by atoms with van der Waals surface area (Å²) in [5, 5.41) is 2.66. The molecule has 0 saturated carbocycles. The van der Waals surface area contributed by atoms with Crippen LogP contribution in [-0.4, -0.2) is 25.0 Å². The van der Waals surface area contributed by atoms with Gasteiger partial charge in [-0.15, -0.1) is 0 Å². The zero-order chi connectivity index (χ0) is 30.5. The highest BCUT2D eigenvalue weighted by Gasteiger charge is 2.36. The summed E-state index contributed by atoms with van der Waals surface area (Å²) >= 11 is 13.0.